The summed E-state index contributed by atoms with van der Waals surface area (Å²) in [5.41, 5.74) is 3.35. The van der Waals surface area contributed by atoms with Crippen LogP contribution in [-0.2, 0) is 20.8 Å². The second-order valence-corrected chi connectivity index (χ2v) is 14.8. The van der Waals surface area contributed by atoms with Crippen molar-refractivity contribution in [3.63, 3.8) is 0 Å². The molecule has 1 N–H and O–H groups in total. The molecule has 0 bridgehead atoms. The fourth-order valence-electron chi connectivity index (χ4n) is 6.00. The van der Waals surface area contributed by atoms with Crippen LogP contribution < -0.4 is 9.47 Å². The van der Waals surface area contributed by atoms with E-state index in [0.29, 0.717) is 89.9 Å². The van der Waals surface area contributed by atoms with Gasteiger partial charge in [0.2, 0.25) is 0 Å². The Morgan fingerprint density at radius 2 is 1.59 bits per heavy atom. The van der Waals surface area contributed by atoms with Gasteiger partial charge in [-0.25, -0.2) is 4.79 Å². The minimum Gasteiger partial charge on any atom is -0.493 e. The highest BCUT2D eigenvalue weighted by molar-refractivity contribution is 8.26. The van der Waals surface area contributed by atoms with Crippen molar-refractivity contribution >= 4 is 69.5 Å². The monoisotopic (exact) mass is 771 g/mol. The van der Waals surface area contributed by atoms with E-state index in [1.54, 1.807) is 35.2 Å². The first-order valence-corrected chi connectivity index (χ1v) is 18.8. The molecule has 14 heteroatoms. The smallest absolute Gasteiger partial charge is 0.335 e. The molecule has 0 spiro atoms. The van der Waals surface area contributed by atoms with Gasteiger partial charge in [-0.3, -0.25) is 19.5 Å². The quantitative estimate of drug-likeness (QED) is 0.109. The fraction of sp³-hybridized carbons (Fsp3) is 0.378. The molecular formula is C37H39Cl2N3O7S2. The molecule has 10 nitrogen and oxygen atoms in total. The highest BCUT2D eigenvalue weighted by atomic mass is 35.5. The van der Waals surface area contributed by atoms with Crippen LogP contribution in [0.3, 0.4) is 0 Å². The summed E-state index contributed by atoms with van der Waals surface area (Å²) in [6.07, 6.45) is 2.35. The van der Waals surface area contributed by atoms with Crippen molar-refractivity contribution in [2.45, 2.75) is 13.0 Å². The van der Waals surface area contributed by atoms with Crippen molar-refractivity contribution in [1.82, 2.24) is 14.7 Å². The lowest BCUT2D eigenvalue weighted by Crippen LogP contribution is -2.38. The number of hydrogen-bond acceptors (Lipinski definition) is 10. The Morgan fingerprint density at radius 3 is 2.33 bits per heavy atom. The molecule has 1 amide bonds. The SMILES string of the molecule is O=C(O)c1ccc(OCCCN2C(=O)/C(=C/c3cc(-c4cc(Cl)ccc4Cl)ccc3OCCN3CCOCC3)SC2=S)c(CN2CCOCC2)c1. The topological polar surface area (TPSA) is 101 Å². The van der Waals surface area contributed by atoms with Crippen molar-refractivity contribution in [3.8, 4) is 22.6 Å². The van der Waals surface area contributed by atoms with Crippen LogP contribution in [0.25, 0.3) is 17.2 Å². The first-order valence-electron chi connectivity index (χ1n) is 16.8. The number of carboxylic acid groups (broad SMARTS) is 1. The van der Waals surface area contributed by atoms with Gasteiger partial charge in [0.1, 0.15) is 22.4 Å². The molecule has 0 radical (unpaired) electrons. The van der Waals surface area contributed by atoms with E-state index in [-0.39, 0.29) is 11.5 Å². The second-order valence-electron chi connectivity index (χ2n) is 12.2. The van der Waals surface area contributed by atoms with Crippen molar-refractivity contribution in [3.05, 3.63) is 86.2 Å². The van der Waals surface area contributed by atoms with E-state index in [9.17, 15) is 14.7 Å². The molecule has 3 saturated heterocycles. The van der Waals surface area contributed by atoms with Crippen molar-refractivity contribution in [2.24, 2.45) is 0 Å². The summed E-state index contributed by atoms with van der Waals surface area (Å²) in [6.45, 7) is 8.44. The zero-order valence-corrected chi connectivity index (χ0v) is 31.1. The van der Waals surface area contributed by atoms with E-state index in [0.717, 1.165) is 55.0 Å². The van der Waals surface area contributed by atoms with E-state index < -0.39 is 5.97 Å². The number of benzene rings is 3. The zero-order chi connectivity index (χ0) is 35.7. The highest BCUT2D eigenvalue weighted by Gasteiger charge is 2.32. The van der Waals surface area contributed by atoms with Crippen molar-refractivity contribution in [1.29, 1.82) is 0 Å². The third kappa shape index (κ3) is 10.0. The molecule has 0 saturated carbocycles. The van der Waals surface area contributed by atoms with Crippen LogP contribution in [0.1, 0.15) is 27.9 Å². The molecule has 3 aromatic carbocycles. The lowest BCUT2D eigenvalue weighted by Gasteiger charge is -2.27. The number of carbonyl (C=O) groups excluding carboxylic acids is 1. The maximum absolute atomic E-state index is 13.7. The standard InChI is InChI=1S/C37H39Cl2N3O7S2/c38-29-4-5-31(39)30(23-29)25-2-6-32(49-19-13-40-9-15-46-16-10-40)27(20-25)22-34-35(43)42(37(50)51-34)8-1-14-48-33-7-3-26(36(44)45)21-28(33)24-41-11-17-47-18-12-41/h2-7,20-23H,1,8-19,24H2,(H,44,45)/b34-22-. The van der Waals surface area contributed by atoms with Gasteiger partial charge in [0, 0.05) is 72.5 Å². The summed E-state index contributed by atoms with van der Waals surface area (Å²) >= 11 is 19.8. The number of ether oxygens (including phenoxy) is 4. The normalized spacial score (nSPS) is 18.1. The molecule has 0 aromatic heterocycles. The first-order chi connectivity index (χ1) is 24.7. The molecule has 0 atom stereocenters. The van der Waals surface area contributed by atoms with Gasteiger partial charge in [0.25, 0.3) is 5.91 Å². The molecule has 6 rings (SSSR count). The molecule has 3 aliphatic heterocycles. The molecule has 51 heavy (non-hydrogen) atoms. The summed E-state index contributed by atoms with van der Waals surface area (Å²) in [5.74, 6) is 0.0939. The number of thioether (sulfide) groups is 1. The number of carboxylic acids is 1. The van der Waals surface area contributed by atoms with Crippen LogP contribution in [0.15, 0.2) is 59.5 Å². The maximum atomic E-state index is 13.7. The molecule has 0 aliphatic carbocycles. The molecular weight excluding hydrogens is 733 g/mol. The van der Waals surface area contributed by atoms with Gasteiger partial charge < -0.3 is 24.1 Å². The number of carbonyl (C=O) groups is 2. The Kier molecular flexibility index (Phi) is 13.3. The predicted octanol–water partition coefficient (Wildman–Crippen LogP) is 6.57. The lowest BCUT2D eigenvalue weighted by atomic mass is 10.0. The van der Waals surface area contributed by atoms with Gasteiger partial charge in [-0.1, -0.05) is 53.2 Å². The van der Waals surface area contributed by atoms with Crippen molar-refractivity contribution in [2.75, 3.05) is 78.9 Å². The number of rotatable bonds is 14. The van der Waals surface area contributed by atoms with E-state index in [2.05, 4.69) is 9.80 Å². The van der Waals surface area contributed by atoms with Crippen LogP contribution in [0.4, 0.5) is 0 Å². The first kappa shape index (κ1) is 37.6. The third-order valence-electron chi connectivity index (χ3n) is 8.77. The Hall–Kier alpha value is -3.20. The number of thiocarbonyl (C=S) groups is 1. The van der Waals surface area contributed by atoms with Crippen molar-refractivity contribution < 1.29 is 33.6 Å². The van der Waals surface area contributed by atoms with E-state index in [4.69, 9.17) is 54.4 Å². The van der Waals surface area contributed by atoms with Gasteiger partial charge in [-0.05, 0) is 66.6 Å². The Balaban J connectivity index is 1.13. The average Bonchev–Trinajstić information content (AvgIpc) is 3.40. The molecule has 270 valence electrons. The number of amides is 1. The summed E-state index contributed by atoms with van der Waals surface area (Å²) in [4.78, 5) is 31.9. The number of morpholine rings is 2. The minimum atomic E-state index is -0.987. The van der Waals surface area contributed by atoms with E-state index in [1.807, 2.05) is 30.3 Å². The van der Waals surface area contributed by atoms with E-state index >= 15 is 0 Å². The zero-order valence-electron chi connectivity index (χ0n) is 28.0. The van der Waals surface area contributed by atoms with Crippen LogP contribution in [0, 0.1) is 0 Å². The molecule has 3 aliphatic rings. The Labute approximate surface area is 317 Å². The lowest BCUT2D eigenvalue weighted by molar-refractivity contribution is -0.122. The van der Waals surface area contributed by atoms with Gasteiger partial charge >= 0.3 is 5.97 Å². The third-order valence-corrected chi connectivity index (χ3v) is 10.7. The number of hydrogen-bond donors (Lipinski definition) is 1. The fourth-order valence-corrected chi connectivity index (χ4v) is 7.70. The molecule has 0 unspecified atom stereocenters. The number of aromatic carboxylic acids is 1. The number of nitrogens with zero attached hydrogens (tertiary/aromatic N) is 3. The van der Waals surface area contributed by atoms with Gasteiger partial charge in [0.15, 0.2) is 0 Å². The summed E-state index contributed by atoms with van der Waals surface area (Å²) < 4.78 is 23.8. The second kappa shape index (κ2) is 18.0. The van der Waals surface area contributed by atoms with Crippen LogP contribution in [-0.4, -0.2) is 115 Å². The van der Waals surface area contributed by atoms with Crippen LogP contribution in [0.2, 0.25) is 10.0 Å². The van der Waals surface area contributed by atoms with Gasteiger partial charge in [0.05, 0.1) is 43.5 Å². The maximum Gasteiger partial charge on any atom is 0.335 e. The molecule has 3 aromatic rings. The van der Waals surface area contributed by atoms with Crippen LogP contribution >= 0.6 is 47.2 Å². The molecule has 3 heterocycles. The van der Waals surface area contributed by atoms with E-state index in [1.165, 1.54) is 11.8 Å². The summed E-state index contributed by atoms with van der Waals surface area (Å²) in [6, 6.07) is 16.0. The average molecular weight is 773 g/mol. The van der Waals surface area contributed by atoms with Gasteiger partial charge in [-0.2, -0.15) is 0 Å². The van der Waals surface area contributed by atoms with Crippen LogP contribution in [0.5, 0.6) is 11.5 Å². The van der Waals surface area contributed by atoms with Gasteiger partial charge in [-0.15, -0.1) is 0 Å². The Bertz CT molecular complexity index is 1780. The minimum absolute atomic E-state index is 0.186. The summed E-state index contributed by atoms with van der Waals surface area (Å²) in [7, 11) is 0. The largest absolute Gasteiger partial charge is 0.493 e. The molecule has 3 fully saturated rings. The highest BCUT2D eigenvalue weighted by Crippen LogP contribution is 2.38. The predicted molar refractivity (Wildman–Crippen MR) is 204 cm³/mol. The summed E-state index contributed by atoms with van der Waals surface area (Å²) in [5, 5.41) is 10.7. The number of halogens is 2. The Morgan fingerprint density at radius 1 is 0.882 bits per heavy atom.